The smallest absolute Gasteiger partial charge is 0.0334 e. The van der Waals surface area contributed by atoms with Crippen LogP contribution in [0.5, 0.6) is 0 Å². The first-order chi connectivity index (χ1) is 9.09. The number of hydrogen-bond donors (Lipinski definition) is 1. The zero-order valence-corrected chi connectivity index (χ0v) is 15.1. The Morgan fingerprint density at radius 3 is 2.15 bits per heavy atom. The summed E-state index contributed by atoms with van der Waals surface area (Å²) in [6.07, 6.45) is 7.70. The maximum atomic E-state index is 6.27. The Labute approximate surface area is 127 Å². The minimum atomic E-state index is 0.208. The van der Waals surface area contributed by atoms with Gasteiger partial charge in [-0.1, -0.05) is 34.1 Å². The third-order valence-corrected chi connectivity index (χ3v) is 6.24. The molecule has 1 aliphatic carbocycles. The lowest BCUT2D eigenvalue weighted by molar-refractivity contribution is 0.0113. The van der Waals surface area contributed by atoms with E-state index in [9.17, 15) is 0 Å². The van der Waals surface area contributed by atoms with Crippen LogP contribution in [-0.4, -0.2) is 29.6 Å². The third-order valence-electron chi connectivity index (χ3n) is 6.24. The van der Waals surface area contributed by atoms with E-state index in [0.717, 1.165) is 12.5 Å². The Morgan fingerprint density at radius 1 is 1.10 bits per heavy atom. The van der Waals surface area contributed by atoms with Crippen molar-refractivity contribution in [3.05, 3.63) is 0 Å². The topological polar surface area (TPSA) is 29.3 Å². The van der Waals surface area contributed by atoms with E-state index in [1.54, 1.807) is 0 Å². The fraction of sp³-hybridized carbons (Fsp3) is 1.00. The van der Waals surface area contributed by atoms with Crippen molar-refractivity contribution in [2.45, 2.75) is 91.1 Å². The molecule has 0 bridgehead atoms. The molecule has 2 atom stereocenters. The first-order valence-electron chi connectivity index (χ1n) is 8.53. The zero-order chi connectivity index (χ0) is 15.6. The Hall–Kier alpha value is -0.0800. The molecule has 0 aliphatic heterocycles. The summed E-state index contributed by atoms with van der Waals surface area (Å²) in [4.78, 5) is 2.60. The van der Waals surface area contributed by atoms with Crippen LogP contribution >= 0.6 is 0 Å². The molecule has 1 saturated carbocycles. The molecule has 20 heavy (non-hydrogen) atoms. The van der Waals surface area contributed by atoms with Crippen molar-refractivity contribution in [1.82, 2.24) is 4.90 Å². The second-order valence-electron chi connectivity index (χ2n) is 8.65. The molecule has 1 aliphatic rings. The van der Waals surface area contributed by atoms with E-state index in [4.69, 9.17) is 5.73 Å². The van der Waals surface area contributed by atoms with Gasteiger partial charge < -0.3 is 5.73 Å². The monoisotopic (exact) mass is 282 g/mol. The van der Waals surface area contributed by atoms with E-state index in [-0.39, 0.29) is 11.1 Å². The second kappa shape index (κ2) is 6.36. The van der Waals surface area contributed by atoms with Crippen LogP contribution in [0, 0.1) is 11.3 Å². The van der Waals surface area contributed by atoms with Crippen LogP contribution in [0.4, 0.5) is 0 Å². The van der Waals surface area contributed by atoms with Gasteiger partial charge in [0.05, 0.1) is 0 Å². The summed E-state index contributed by atoms with van der Waals surface area (Å²) in [5.74, 6) is 0.842. The quantitative estimate of drug-likeness (QED) is 0.773. The summed E-state index contributed by atoms with van der Waals surface area (Å²) in [6, 6.07) is 0. The highest BCUT2D eigenvalue weighted by Crippen LogP contribution is 2.43. The predicted octanol–water partition coefficient (Wildman–Crippen LogP) is 4.43. The van der Waals surface area contributed by atoms with Gasteiger partial charge in [0, 0.05) is 17.6 Å². The summed E-state index contributed by atoms with van der Waals surface area (Å²) in [7, 11) is 2.30. The van der Waals surface area contributed by atoms with Crippen LogP contribution in [0.25, 0.3) is 0 Å². The molecule has 2 heteroatoms. The maximum Gasteiger partial charge on any atom is 0.0334 e. The van der Waals surface area contributed by atoms with Crippen LogP contribution in [0.3, 0.4) is 0 Å². The van der Waals surface area contributed by atoms with E-state index in [2.05, 4.69) is 53.5 Å². The molecular formula is C18H38N2. The predicted molar refractivity (Wildman–Crippen MR) is 89.9 cm³/mol. The van der Waals surface area contributed by atoms with E-state index in [1.165, 1.54) is 38.5 Å². The van der Waals surface area contributed by atoms with Gasteiger partial charge in [0.25, 0.3) is 0 Å². The number of likely N-dealkylation sites (N-methyl/N-ethyl adjacent to an activating group) is 1. The molecule has 0 aromatic rings. The van der Waals surface area contributed by atoms with Gasteiger partial charge in [0.15, 0.2) is 0 Å². The third kappa shape index (κ3) is 3.76. The molecule has 2 unspecified atom stereocenters. The van der Waals surface area contributed by atoms with Crippen molar-refractivity contribution < 1.29 is 0 Å². The van der Waals surface area contributed by atoms with Gasteiger partial charge in [-0.15, -0.1) is 0 Å². The SMILES string of the molecule is CCC(C)(C)N(C)C1(CN)CCCC(C(C)(C)C)CC1. The molecule has 2 N–H and O–H groups in total. The summed E-state index contributed by atoms with van der Waals surface area (Å²) in [5, 5.41) is 0. The van der Waals surface area contributed by atoms with Gasteiger partial charge in [-0.05, 0) is 64.3 Å². The fourth-order valence-corrected chi connectivity index (χ4v) is 3.81. The number of nitrogens with two attached hydrogens (primary N) is 1. The van der Waals surface area contributed by atoms with Gasteiger partial charge in [0.1, 0.15) is 0 Å². The zero-order valence-electron chi connectivity index (χ0n) is 15.1. The van der Waals surface area contributed by atoms with Gasteiger partial charge in [0.2, 0.25) is 0 Å². The number of nitrogens with zero attached hydrogens (tertiary/aromatic N) is 1. The molecule has 0 aromatic heterocycles. The largest absolute Gasteiger partial charge is 0.329 e. The summed E-state index contributed by atoms with van der Waals surface area (Å²) >= 11 is 0. The molecule has 1 rings (SSSR count). The van der Waals surface area contributed by atoms with Gasteiger partial charge in [-0.2, -0.15) is 0 Å². The highest BCUT2D eigenvalue weighted by Gasteiger charge is 2.42. The molecular weight excluding hydrogens is 244 g/mol. The molecule has 0 heterocycles. The minimum Gasteiger partial charge on any atom is -0.329 e. The first-order valence-corrected chi connectivity index (χ1v) is 8.53. The van der Waals surface area contributed by atoms with Crippen molar-refractivity contribution in [3.63, 3.8) is 0 Å². The fourth-order valence-electron chi connectivity index (χ4n) is 3.81. The molecule has 2 nitrogen and oxygen atoms in total. The lowest BCUT2D eigenvalue weighted by Gasteiger charge is -2.49. The maximum absolute atomic E-state index is 6.27. The average molecular weight is 283 g/mol. The van der Waals surface area contributed by atoms with Gasteiger partial charge in [-0.25, -0.2) is 0 Å². The number of rotatable bonds is 4. The van der Waals surface area contributed by atoms with E-state index in [0.29, 0.717) is 5.41 Å². The van der Waals surface area contributed by atoms with Crippen LogP contribution in [-0.2, 0) is 0 Å². The van der Waals surface area contributed by atoms with Crippen LogP contribution in [0.15, 0.2) is 0 Å². The Morgan fingerprint density at radius 2 is 1.70 bits per heavy atom. The standard InChI is InChI=1S/C18H38N2/c1-8-17(5,6)20(7)18(14-19)12-9-10-15(11-13-18)16(2,3)4/h15H,8-14,19H2,1-7H3. The normalized spacial score (nSPS) is 29.6. The molecule has 0 saturated heterocycles. The first kappa shape index (κ1) is 18.0. The average Bonchev–Trinajstić information content (AvgIpc) is 2.60. The summed E-state index contributed by atoms with van der Waals surface area (Å²) in [6.45, 7) is 15.0. The van der Waals surface area contributed by atoms with E-state index >= 15 is 0 Å². The van der Waals surface area contributed by atoms with Crippen LogP contribution in [0.2, 0.25) is 0 Å². The Kier molecular flexibility index (Phi) is 5.71. The summed E-state index contributed by atoms with van der Waals surface area (Å²) < 4.78 is 0. The molecule has 0 aromatic carbocycles. The van der Waals surface area contributed by atoms with Gasteiger partial charge >= 0.3 is 0 Å². The van der Waals surface area contributed by atoms with Crippen LogP contribution < -0.4 is 5.73 Å². The highest BCUT2D eigenvalue weighted by molar-refractivity contribution is 4.99. The van der Waals surface area contributed by atoms with Crippen molar-refractivity contribution in [1.29, 1.82) is 0 Å². The Bertz CT molecular complexity index is 303. The molecule has 0 amide bonds. The van der Waals surface area contributed by atoms with E-state index < -0.39 is 0 Å². The molecule has 1 fully saturated rings. The van der Waals surface area contributed by atoms with Gasteiger partial charge in [-0.3, -0.25) is 4.90 Å². The van der Waals surface area contributed by atoms with Crippen LogP contribution in [0.1, 0.15) is 80.1 Å². The Balaban J connectivity index is 2.91. The van der Waals surface area contributed by atoms with Crippen molar-refractivity contribution in [2.75, 3.05) is 13.6 Å². The minimum absolute atomic E-state index is 0.208. The van der Waals surface area contributed by atoms with E-state index in [1.807, 2.05) is 0 Å². The van der Waals surface area contributed by atoms with Crippen molar-refractivity contribution >= 4 is 0 Å². The second-order valence-corrected chi connectivity index (χ2v) is 8.65. The number of hydrogen-bond acceptors (Lipinski definition) is 2. The van der Waals surface area contributed by atoms with Crippen molar-refractivity contribution in [3.8, 4) is 0 Å². The molecule has 0 spiro atoms. The van der Waals surface area contributed by atoms with Crippen molar-refractivity contribution in [2.24, 2.45) is 17.1 Å². The molecule has 0 radical (unpaired) electrons. The lowest BCUT2D eigenvalue weighted by atomic mass is 9.76. The summed E-state index contributed by atoms with van der Waals surface area (Å²) in [5.41, 5.74) is 7.15. The highest BCUT2D eigenvalue weighted by atomic mass is 15.2. The lowest BCUT2D eigenvalue weighted by Crippen LogP contribution is -2.59. The molecule has 120 valence electrons.